The van der Waals surface area contributed by atoms with Crippen molar-refractivity contribution in [2.24, 2.45) is 0 Å². The maximum Gasteiger partial charge on any atom is 0.0302 e. The molecule has 0 fully saturated rings. The third kappa shape index (κ3) is 1.01. The minimum Gasteiger partial charge on any atom is -0.120 e. The van der Waals surface area contributed by atoms with Crippen LogP contribution in [-0.4, -0.2) is 0 Å². The highest BCUT2D eigenvalue weighted by Gasteiger charge is 1.93. The SMILES string of the molecule is C#CCC1=CC=CC1. The molecule has 0 unspecified atom stereocenters. The van der Waals surface area contributed by atoms with Crippen LogP contribution in [0.5, 0.6) is 0 Å². The zero-order valence-electron chi connectivity index (χ0n) is 4.72. The van der Waals surface area contributed by atoms with Gasteiger partial charge in [0.05, 0.1) is 0 Å². The summed E-state index contributed by atoms with van der Waals surface area (Å²) >= 11 is 0. The fourth-order valence-electron chi connectivity index (χ4n) is 0.754. The first kappa shape index (κ1) is 5.18. The van der Waals surface area contributed by atoms with Crippen LogP contribution in [0.15, 0.2) is 23.8 Å². The van der Waals surface area contributed by atoms with Crippen LogP contribution in [0, 0.1) is 12.3 Å². The van der Waals surface area contributed by atoms with Gasteiger partial charge in [-0.1, -0.05) is 23.8 Å². The number of allylic oxidation sites excluding steroid dienone is 4. The van der Waals surface area contributed by atoms with Crippen molar-refractivity contribution in [1.82, 2.24) is 0 Å². The molecule has 1 aliphatic rings. The quantitative estimate of drug-likeness (QED) is 0.446. The molecule has 8 heavy (non-hydrogen) atoms. The van der Waals surface area contributed by atoms with E-state index in [1.165, 1.54) is 5.57 Å². The Kier molecular flexibility index (Phi) is 1.54. The Morgan fingerprint density at radius 2 is 2.62 bits per heavy atom. The molecule has 0 saturated carbocycles. The van der Waals surface area contributed by atoms with Crippen molar-refractivity contribution in [3.8, 4) is 12.3 Å². The highest BCUT2D eigenvalue weighted by molar-refractivity contribution is 5.25. The maximum absolute atomic E-state index is 5.09. The van der Waals surface area contributed by atoms with Crippen molar-refractivity contribution >= 4 is 0 Å². The van der Waals surface area contributed by atoms with Gasteiger partial charge >= 0.3 is 0 Å². The van der Waals surface area contributed by atoms with E-state index in [2.05, 4.69) is 18.1 Å². The standard InChI is InChI=1S/C8H8/c1-2-5-8-6-3-4-7-8/h1,3-4,6H,5,7H2. The van der Waals surface area contributed by atoms with Gasteiger partial charge < -0.3 is 0 Å². The van der Waals surface area contributed by atoms with E-state index in [9.17, 15) is 0 Å². The van der Waals surface area contributed by atoms with Gasteiger partial charge in [0, 0.05) is 6.42 Å². The molecule has 0 aliphatic heterocycles. The van der Waals surface area contributed by atoms with E-state index in [1.54, 1.807) is 0 Å². The lowest BCUT2D eigenvalue weighted by molar-refractivity contribution is 1.16. The van der Waals surface area contributed by atoms with Crippen LogP contribution in [0.3, 0.4) is 0 Å². The van der Waals surface area contributed by atoms with E-state index in [1.807, 2.05) is 6.08 Å². The molecule has 40 valence electrons. The Bertz CT molecular complexity index is 165. The predicted molar refractivity (Wildman–Crippen MR) is 35.3 cm³/mol. The molecule has 0 spiro atoms. The highest BCUT2D eigenvalue weighted by Crippen LogP contribution is 2.12. The van der Waals surface area contributed by atoms with Crippen LogP contribution in [0.4, 0.5) is 0 Å². The van der Waals surface area contributed by atoms with E-state index in [0.717, 1.165) is 12.8 Å². The lowest BCUT2D eigenvalue weighted by atomic mass is 10.2. The van der Waals surface area contributed by atoms with Crippen molar-refractivity contribution in [2.45, 2.75) is 12.8 Å². The monoisotopic (exact) mass is 104 g/mol. The molecule has 1 rings (SSSR count). The van der Waals surface area contributed by atoms with Gasteiger partial charge in [-0.3, -0.25) is 0 Å². The predicted octanol–water partition coefficient (Wildman–Crippen LogP) is 1.90. The Morgan fingerprint density at radius 1 is 1.75 bits per heavy atom. The van der Waals surface area contributed by atoms with Crippen molar-refractivity contribution in [1.29, 1.82) is 0 Å². The lowest BCUT2D eigenvalue weighted by Gasteiger charge is -1.88. The number of hydrogen-bond acceptors (Lipinski definition) is 0. The molecule has 0 heterocycles. The van der Waals surface area contributed by atoms with Crippen LogP contribution in [-0.2, 0) is 0 Å². The molecule has 0 radical (unpaired) electrons. The van der Waals surface area contributed by atoms with E-state index < -0.39 is 0 Å². The van der Waals surface area contributed by atoms with Crippen molar-refractivity contribution in [3.63, 3.8) is 0 Å². The number of hydrogen-bond donors (Lipinski definition) is 0. The second-order valence-electron chi connectivity index (χ2n) is 1.84. The number of rotatable bonds is 1. The van der Waals surface area contributed by atoms with Gasteiger partial charge in [-0.05, 0) is 6.42 Å². The van der Waals surface area contributed by atoms with E-state index in [-0.39, 0.29) is 0 Å². The fourth-order valence-corrected chi connectivity index (χ4v) is 0.754. The van der Waals surface area contributed by atoms with Crippen LogP contribution >= 0.6 is 0 Å². The summed E-state index contributed by atoms with van der Waals surface area (Å²) in [5, 5.41) is 0. The average Bonchev–Trinajstić information content (AvgIpc) is 2.19. The minimum atomic E-state index is 0.812. The van der Waals surface area contributed by atoms with Crippen LogP contribution in [0.25, 0.3) is 0 Å². The summed E-state index contributed by atoms with van der Waals surface area (Å²) in [6.45, 7) is 0. The molecule has 0 amide bonds. The van der Waals surface area contributed by atoms with Crippen LogP contribution in [0.1, 0.15) is 12.8 Å². The first-order valence-electron chi connectivity index (χ1n) is 2.71. The fraction of sp³-hybridized carbons (Fsp3) is 0.250. The third-order valence-corrected chi connectivity index (χ3v) is 1.18. The molecule has 0 aromatic carbocycles. The molecule has 0 aromatic rings. The van der Waals surface area contributed by atoms with Gasteiger partial charge in [-0.15, -0.1) is 12.3 Å². The van der Waals surface area contributed by atoms with Gasteiger partial charge in [0.25, 0.3) is 0 Å². The summed E-state index contributed by atoms with van der Waals surface area (Å²) in [7, 11) is 0. The Morgan fingerprint density at radius 3 is 3.12 bits per heavy atom. The molecule has 0 bridgehead atoms. The zero-order chi connectivity index (χ0) is 5.82. The van der Waals surface area contributed by atoms with Crippen molar-refractivity contribution in [2.75, 3.05) is 0 Å². The first-order valence-corrected chi connectivity index (χ1v) is 2.71. The minimum absolute atomic E-state index is 0.812. The number of terminal acetylenes is 1. The zero-order valence-corrected chi connectivity index (χ0v) is 4.72. The molecule has 0 heteroatoms. The van der Waals surface area contributed by atoms with Gasteiger partial charge in [0.2, 0.25) is 0 Å². The third-order valence-electron chi connectivity index (χ3n) is 1.18. The highest BCUT2D eigenvalue weighted by atomic mass is 14.0. The smallest absolute Gasteiger partial charge is 0.0302 e. The topological polar surface area (TPSA) is 0 Å². The summed E-state index contributed by atoms with van der Waals surface area (Å²) in [6, 6.07) is 0. The summed E-state index contributed by atoms with van der Waals surface area (Å²) in [4.78, 5) is 0. The van der Waals surface area contributed by atoms with Crippen LogP contribution in [0.2, 0.25) is 0 Å². The van der Waals surface area contributed by atoms with Gasteiger partial charge in [0.15, 0.2) is 0 Å². The van der Waals surface area contributed by atoms with Crippen molar-refractivity contribution in [3.05, 3.63) is 23.8 Å². The first-order chi connectivity index (χ1) is 3.93. The Labute approximate surface area is 49.9 Å². The molecule has 0 atom stereocenters. The van der Waals surface area contributed by atoms with E-state index >= 15 is 0 Å². The van der Waals surface area contributed by atoms with Gasteiger partial charge in [-0.2, -0.15) is 0 Å². The largest absolute Gasteiger partial charge is 0.120 e. The van der Waals surface area contributed by atoms with E-state index in [4.69, 9.17) is 6.42 Å². The molecule has 0 N–H and O–H groups in total. The summed E-state index contributed by atoms with van der Waals surface area (Å²) in [5.74, 6) is 2.60. The molecule has 0 saturated heterocycles. The molecular formula is C8H8. The van der Waals surface area contributed by atoms with E-state index in [0.29, 0.717) is 0 Å². The summed E-state index contributed by atoms with van der Waals surface area (Å²) in [6.07, 6.45) is 13.2. The molecule has 0 nitrogen and oxygen atoms in total. The Balaban J connectivity index is 2.42. The van der Waals surface area contributed by atoms with Gasteiger partial charge in [-0.25, -0.2) is 0 Å². The summed E-state index contributed by atoms with van der Waals surface area (Å²) in [5.41, 5.74) is 1.35. The molecule has 0 aromatic heterocycles. The second-order valence-corrected chi connectivity index (χ2v) is 1.84. The maximum atomic E-state index is 5.09. The van der Waals surface area contributed by atoms with Crippen LogP contribution < -0.4 is 0 Å². The molecule has 1 aliphatic carbocycles. The Hall–Kier alpha value is -0.960. The molecular weight excluding hydrogens is 96.1 g/mol. The summed E-state index contributed by atoms with van der Waals surface area (Å²) < 4.78 is 0. The van der Waals surface area contributed by atoms with Crippen molar-refractivity contribution < 1.29 is 0 Å². The lowest BCUT2D eigenvalue weighted by Crippen LogP contribution is -1.71. The normalized spacial score (nSPS) is 15.6. The van der Waals surface area contributed by atoms with Gasteiger partial charge in [0.1, 0.15) is 0 Å². The second kappa shape index (κ2) is 2.37. The average molecular weight is 104 g/mol.